The molecule has 1 aromatic heterocycles. The first-order chi connectivity index (χ1) is 7.57. The Morgan fingerprint density at radius 3 is 3.00 bits per heavy atom. The van der Waals surface area contributed by atoms with Gasteiger partial charge in [0.1, 0.15) is 0 Å². The van der Waals surface area contributed by atoms with Crippen LogP contribution < -0.4 is 5.32 Å². The first kappa shape index (κ1) is 12.6. The summed E-state index contributed by atoms with van der Waals surface area (Å²) in [7, 11) is 2.21. The molecule has 1 unspecified atom stereocenters. The molecule has 0 aliphatic carbocycles. The van der Waals surface area contributed by atoms with Crippen molar-refractivity contribution in [1.82, 2.24) is 10.2 Å². The van der Waals surface area contributed by atoms with Crippen LogP contribution in [0.5, 0.6) is 0 Å². The predicted molar refractivity (Wildman–Crippen MR) is 74.0 cm³/mol. The monoisotopic (exact) mass is 302 g/mol. The van der Waals surface area contributed by atoms with Gasteiger partial charge in [-0.3, -0.25) is 0 Å². The molecular formula is C12H19BrN2S. The van der Waals surface area contributed by atoms with E-state index in [-0.39, 0.29) is 0 Å². The topological polar surface area (TPSA) is 15.3 Å². The smallest absolute Gasteiger partial charge is 0.0701 e. The van der Waals surface area contributed by atoms with Gasteiger partial charge in [-0.05, 0) is 66.3 Å². The number of hydrogen-bond acceptors (Lipinski definition) is 3. The Morgan fingerprint density at radius 1 is 1.62 bits per heavy atom. The minimum absolute atomic E-state index is 0.321. The highest BCUT2D eigenvalue weighted by molar-refractivity contribution is 9.11. The lowest BCUT2D eigenvalue weighted by atomic mass is 10.00. The van der Waals surface area contributed by atoms with Crippen molar-refractivity contribution in [2.75, 3.05) is 20.1 Å². The first-order valence-electron chi connectivity index (χ1n) is 5.74. The van der Waals surface area contributed by atoms with Gasteiger partial charge in [0, 0.05) is 18.6 Å². The van der Waals surface area contributed by atoms with Crippen LogP contribution in [0.4, 0.5) is 0 Å². The molecule has 2 heterocycles. The van der Waals surface area contributed by atoms with Crippen molar-refractivity contribution in [2.45, 2.75) is 31.8 Å². The molecule has 90 valence electrons. The summed E-state index contributed by atoms with van der Waals surface area (Å²) in [5, 5.41) is 5.83. The number of likely N-dealkylation sites (N-methyl/N-ethyl adjacent to an activating group) is 1. The highest BCUT2D eigenvalue weighted by Crippen LogP contribution is 2.23. The Labute approximate surface area is 110 Å². The van der Waals surface area contributed by atoms with Gasteiger partial charge in [0.15, 0.2) is 0 Å². The standard InChI is InChI=1S/C12H19BrN2S/c1-12(4-3-5-14-12)9-15(2)7-10-6-11(13)16-8-10/h6,8,14H,3-5,7,9H2,1-2H3. The zero-order valence-electron chi connectivity index (χ0n) is 9.92. The molecule has 1 aliphatic rings. The lowest BCUT2D eigenvalue weighted by Crippen LogP contribution is -2.46. The lowest BCUT2D eigenvalue weighted by molar-refractivity contribution is 0.234. The third-order valence-corrected chi connectivity index (χ3v) is 4.70. The van der Waals surface area contributed by atoms with Crippen molar-refractivity contribution in [1.29, 1.82) is 0 Å². The summed E-state index contributed by atoms with van der Waals surface area (Å²) in [6.45, 7) is 5.67. The Balaban J connectivity index is 1.86. The normalized spacial score (nSPS) is 25.5. The maximum Gasteiger partial charge on any atom is 0.0701 e. The number of halogens is 1. The summed E-state index contributed by atoms with van der Waals surface area (Å²) < 4.78 is 1.22. The highest BCUT2D eigenvalue weighted by atomic mass is 79.9. The fourth-order valence-corrected chi connectivity index (χ4v) is 3.68. The minimum atomic E-state index is 0.321. The molecule has 0 saturated carbocycles. The molecular weight excluding hydrogens is 284 g/mol. The molecule has 1 saturated heterocycles. The summed E-state index contributed by atoms with van der Waals surface area (Å²) in [5.41, 5.74) is 1.73. The van der Waals surface area contributed by atoms with Crippen LogP contribution in [0.15, 0.2) is 15.2 Å². The van der Waals surface area contributed by atoms with Crippen LogP contribution in [0.1, 0.15) is 25.3 Å². The fraction of sp³-hybridized carbons (Fsp3) is 0.667. The summed E-state index contributed by atoms with van der Waals surface area (Å²) in [5.74, 6) is 0. The van der Waals surface area contributed by atoms with Crippen molar-refractivity contribution in [3.8, 4) is 0 Å². The second-order valence-corrected chi connectivity index (χ2v) is 7.31. The van der Waals surface area contributed by atoms with Gasteiger partial charge in [0.2, 0.25) is 0 Å². The largest absolute Gasteiger partial charge is 0.310 e. The third-order valence-electron chi connectivity index (χ3n) is 3.15. The molecule has 0 bridgehead atoms. The van der Waals surface area contributed by atoms with Crippen LogP contribution in [-0.4, -0.2) is 30.6 Å². The SMILES string of the molecule is CN(Cc1csc(Br)c1)CC1(C)CCCN1. The van der Waals surface area contributed by atoms with E-state index < -0.39 is 0 Å². The molecule has 0 radical (unpaired) electrons. The molecule has 1 fully saturated rings. The van der Waals surface area contributed by atoms with Gasteiger partial charge in [0.05, 0.1) is 3.79 Å². The van der Waals surface area contributed by atoms with Gasteiger partial charge >= 0.3 is 0 Å². The second kappa shape index (κ2) is 5.17. The van der Waals surface area contributed by atoms with E-state index in [4.69, 9.17) is 0 Å². The van der Waals surface area contributed by atoms with Gasteiger partial charge < -0.3 is 10.2 Å². The quantitative estimate of drug-likeness (QED) is 0.919. The number of nitrogens with zero attached hydrogens (tertiary/aromatic N) is 1. The van der Waals surface area contributed by atoms with Crippen molar-refractivity contribution >= 4 is 27.3 Å². The molecule has 0 spiro atoms. The summed E-state index contributed by atoms with van der Waals surface area (Å²) in [6.07, 6.45) is 2.61. The van der Waals surface area contributed by atoms with E-state index in [2.05, 4.69) is 51.6 Å². The van der Waals surface area contributed by atoms with Crippen molar-refractivity contribution < 1.29 is 0 Å². The number of rotatable bonds is 4. The van der Waals surface area contributed by atoms with Crippen LogP contribution in [0.3, 0.4) is 0 Å². The second-order valence-electron chi connectivity index (χ2n) is 5.02. The third kappa shape index (κ3) is 3.29. The molecule has 2 rings (SSSR count). The Morgan fingerprint density at radius 2 is 2.44 bits per heavy atom. The Bertz CT molecular complexity index is 345. The molecule has 0 aromatic carbocycles. The maximum absolute atomic E-state index is 3.61. The number of hydrogen-bond donors (Lipinski definition) is 1. The van der Waals surface area contributed by atoms with Crippen molar-refractivity contribution in [2.24, 2.45) is 0 Å². The number of thiophene rings is 1. The molecule has 1 atom stereocenters. The average molecular weight is 303 g/mol. The number of nitrogens with one attached hydrogen (secondary N) is 1. The van der Waals surface area contributed by atoms with Crippen LogP contribution in [0.25, 0.3) is 0 Å². The van der Waals surface area contributed by atoms with Crippen LogP contribution in [0.2, 0.25) is 0 Å². The van der Waals surface area contributed by atoms with E-state index in [0.717, 1.165) is 13.1 Å². The zero-order valence-corrected chi connectivity index (χ0v) is 12.3. The minimum Gasteiger partial charge on any atom is -0.310 e. The van der Waals surface area contributed by atoms with E-state index in [1.54, 1.807) is 11.3 Å². The molecule has 2 nitrogen and oxygen atoms in total. The van der Waals surface area contributed by atoms with Crippen molar-refractivity contribution in [3.63, 3.8) is 0 Å². The van der Waals surface area contributed by atoms with Gasteiger partial charge in [-0.2, -0.15) is 0 Å². The molecule has 1 aromatic rings. The molecule has 0 amide bonds. The van der Waals surface area contributed by atoms with Gasteiger partial charge in [-0.25, -0.2) is 0 Å². The van der Waals surface area contributed by atoms with Crippen LogP contribution in [-0.2, 0) is 6.54 Å². The van der Waals surface area contributed by atoms with Crippen LogP contribution >= 0.6 is 27.3 Å². The predicted octanol–water partition coefficient (Wildman–Crippen LogP) is 3.08. The molecule has 1 aliphatic heterocycles. The fourth-order valence-electron chi connectivity index (χ4n) is 2.48. The van der Waals surface area contributed by atoms with Crippen LogP contribution in [0, 0.1) is 0 Å². The first-order valence-corrected chi connectivity index (χ1v) is 7.41. The molecule has 16 heavy (non-hydrogen) atoms. The van der Waals surface area contributed by atoms with Gasteiger partial charge in [0.25, 0.3) is 0 Å². The van der Waals surface area contributed by atoms with Gasteiger partial charge in [-0.1, -0.05) is 0 Å². The lowest BCUT2D eigenvalue weighted by Gasteiger charge is -2.30. The van der Waals surface area contributed by atoms with E-state index in [1.807, 2.05) is 0 Å². The van der Waals surface area contributed by atoms with E-state index in [0.29, 0.717) is 5.54 Å². The van der Waals surface area contributed by atoms with Crippen molar-refractivity contribution in [3.05, 3.63) is 20.8 Å². The summed E-state index contributed by atoms with van der Waals surface area (Å²) >= 11 is 5.27. The van der Waals surface area contributed by atoms with E-state index in [9.17, 15) is 0 Å². The zero-order chi connectivity index (χ0) is 11.6. The maximum atomic E-state index is 3.61. The summed E-state index contributed by atoms with van der Waals surface area (Å²) in [6, 6.07) is 2.21. The molecule has 4 heteroatoms. The van der Waals surface area contributed by atoms with E-state index in [1.165, 1.54) is 28.7 Å². The van der Waals surface area contributed by atoms with E-state index >= 15 is 0 Å². The average Bonchev–Trinajstić information content (AvgIpc) is 2.75. The Kier molecular flexibility index (Phi) is 4.06. The molecule has 1 N–H and O–H groups in total. The summed E-state index contributed by atoms with van der Waals surface area (Å²) in [4.78, 5) is 2.41. The van der Waals surface area contributed by atoms with Gasteiger partial charge in [-0.15, -0.1) is 11.3 Å². The Hall–Kier alpha value is 0.1000. The highest BCUT2D eigenvalue weighted by Gasteiger charge is 2.28.